The van der Waals surface area contributed by atoms with Crippen LogP contribution in [-0.4, -0.2) is 71.0 Å². The van der Waals surface area contributed by atoms with Crippen LogP contribution in [0.25, 0.3) is 0 Å². The third kappa shape index (κ3) is 6.58. The number of aliphatic hydroxyl groups is 2. The van der Waals surface area contributed by atoms with Gasteiger partial charge < -0.3 is 21.3 Å². The summed E-state index contributed by atoms with van der Waals surface area (Å²) in [6.07, 6.45) is -1.61. The zero-order valence-electron chi connectivity index (χ0n) is 12.4. The second-order valence-corrected chi connectivity index (χ2v) is 7.95. The average molecular weight is 358 g/mol. The van der Waals surface area contributed by atoms with Crippen LogP contribution < -0.4 is 11.1 Å². The first kappa shape index (κ1) is 21.3. The first-order valence-corrected chi connectivity index (χ1v) is 8.86. The minimum atomic E-state index is -4.71. The van der Waals surface area contributed by atoms with E-state index in [0.717, 1.165) is 0 Å². The van der Waals surface area contributed by atoms with Gasteiger partial charge in [0.05, 0.1) is 6.61 Å². The standard InChI is InChI=1S/C11H22N2O7S2/c1-11(2,6-14)8(15)9(16)13-5-7(22(18,19)20)10(17)21-4-3-12/h7-8,14-15H,3-6,12H2,1-2H3,(H,13,16)(H,18,19,20)/t7?,8-/m0/s1. The number of rotatable bonds is 9. The van der Waals surface area contributed by atoms with Gasteiger partial charge in [-0.1, -0.05) is 25.6 Å². The molecule has 0 aromatic carbocycles. The largest absolute Gasteiger partial charge is 0.396 e. The van der Waals surface area contributed by atoms with Crippen molar-refractivity contribution in [2.75, 3.05) is 25.4 Å². The molecule has 0 saturated carbocycles. The highest BCUT2D eigenvalue weighted by Gasteiger charge is 2.36. The molecule has 1 unspecified atom stereocenters. The smallest absolute Gasteiger partial charge is 0.277 e. The molecule has 0 aromatic heterocycles. The van der Waals surface area contributed by atoms with Gasteiger partial charge in [-0.2, -0.15) is 8.42 Å². The zero-order chi connectivity index (χ0) is 17.6. The van der Waals surface area contributed by atoms with E-state index in [-0.39, 0.29) is 12.3 Å². The SMILES string of the molecule is CC(C)(CO)[C@@H](O)C(=O)NCC(C(=O)SCCN)S(=O)(=O)O. The molecule has 0 bridgehead atoms. The molecule has 0 rings (SSSR count). The Morgan fingerprint density at radius 1 is 1.36 bits per heavy atom. The van der Waals surface area contributed by atoms with Crippen LogP contribution in [0.15, 0.2) is 0 Å². The van der Waals surface area contributed by atoms with Crippen LogP contribution in [0.5, 0.6) is 0 Å². The van der Waals surface area contributed by atoms with E-state index in [4.69, 9.17) is 15.4 Å². The fourth-order valence-electron chi connectivity index (χ4n) is 1.29. The van der Waals surface area contributed by atoms with Crippen molar-refractivity contribution in [3.63, 3.8) is 0 Å². The Labute approximate surface area is 133 Å². The van der Waals surface area contributed by atoms with Crippen molar-refractivity contribution in [1.29, 1.82) is 0 Å². The van der Waals surface area contributed by atoms with Crippen molar-refractivity contribution in [2.24, 2.45) is 11.1 Å². The summed E-state index contributed by atoms with van der Waals surface area (Å²) in [4.78, 5) is 23.4. The highest BCUT2D eigenvalue weighted by Crippen LogP contribution is 2.19. The lowest BCUT2D eigenvalue weighted by atomic mass is 9.87. The number of carbonyl (C=O) groups is 2. The Kier molecular flexibility index (Phi) is 8.51. The van der Waals surface area contributed by atoms with Gasteiger partial charge in [0.15, 0.2) is 5.25 Å². The maximum absolute atomic E-state index is 11.7. The molecule has 0 aliphatic heterocycles. The summed E-state index contributed by atoms with van der Waals surface area (Å²) in [5.74, 6) is -0.789. The lowest BCUT2D eigenvalue weighted by Gasteiger charge is -2.27. The fourth-order valence-corrected chi connectivity index (χ4v) is 2.99. The van der Waals surface area contributed by atoms with E-state index in [1.807, 2.05) is 0 Å². The van der Waals surface area contributed by atoms with E-state index in [2.05, 4.69) is 5.32 Å². The van der Waals surface area contributed by atoms with Gasteiger partial charge in [-0.3, -0.25) is 14.1 Å². The topological polar surface area (TPSA) is 167 Å². The number of carbonyl (C=O) groups excluding carboxylic acids is 2. The molecule has 2 atom stereocenters. The summed E-state index contributed by atoms with van der Waals surface area (Å²) in [5, 5.41) is 18.2. The molecule has 0 aromatic rings. The number of thioether (sulfide) groups is 1. The summed E-state index contributed by atoms with van der Waals surface area (Å²) in [7, 11) is -4.71. The van der Waals surface area contributed by atoms with Crippen molar-refractivity contribution >= 4 is 32.9 Å². The highest BCUT2D eigenvalue weighted by molar-refractivity contribution is 8.15. The molecular weight excluding hydrogens is 336 g/mol. The summed E-state index contributed by atoms with van der Waals surface area (Å²) in [6.45, 7) is 1.84. The average Bonchev–Trinajstić information content (AvgIpc) is 2.42. The van der Waals surface area contributed by atoms with Gasteiger partial charge in [-0.25, -0.2) is 0 Å². The first-order chi connectivity index (χ1) is 9.97. The second kappa shape index (κ2) is 8.79. The number of nitrogens with two attached hydrogens (primary N) is 1. The second-order valence-electron chi connectivity index (χ2n) is 5.25. The van der Waals surface area contributed by atoms with Crippen LogP contribution >= 0.6 is 11.8 Å². The van der Waals surface area contributed by atoms with Crippen molar-refractivity contribution in [2.45, 2.75) is 25.2 Å². The lowest BCUT2D eigenvalue weighted by molar-refractivity contribution is -0.137. The summed E-state index contributed by atoms with van der Waals surface area (Å²) in [5.41, 5.74) is 4.06. The van der Waals surface area contributed by atoms with Gasteiger partial charge in [0.1, 0.15) is 6.10 Å². The minimum absolute atomic E-state index is 0.143. The van der Waals surface area contributed by atoms with Crippen LogP contribution in [0.3, 0.4) is 0 Å². The Hall–Kier alpha value is -0.720. The van der Waals surface area contributed by atoms with E-state index < -0.39 is 51.1 Å². The van der Waals surface area contributed by atoms with Gasteiger partial charge in [0.25, 0.3) is 10.1 Å². The number of nitrogens with one attached hydrogen (secondary N) is 1. The molecule has 0 heterocycles. The van der Waals surface area contributed by atoms with Crippen molar-refractivity contribution in [3.05, 3.63) is 0 Å². The van der Waals surface area contributed by atoms with Crippen LogP contribution in [-0.2, 0) is 19.7 Å². The van der Waals surface area contributed by atoms with Crippen molar-refractivity contribution in [3.8, 4) is 0 Å². The predicted octanol–water partition coefficient (Wildman–Crippen LogP) is -2.04. The Balaban J connectivity index is 4.85. The first-order valence-electron chi connectivity index (χ1n) is 6.37. The Morgan fingerprint density at radius 3 is 2.32 bits per heavy atom. The Morgan fingerprint density at radius 2 is 1.91 bits per heavy atom. The molecule has 0 spiro atoms. The highest BCUT2D eigenvalue weighted by atomic mass is 32.2. The fraction of sp³-hybridized carbons (Fsp3) is 0.818. The van der Waals surface area contributed by atoms with Gasteiger partial charge >= 0.3 is 0 Å². The number of aliphatic hydroxyl groups excluding tert-OH is 2. The van der Waals surface area contributed by atoms with E-state index in [9.17, 15) is 23.1 Å². The summed E-state index contributed by atoms with van der Waals surface area (Å²) < 4.78 is 31.5. The quantitative estimate of drug-likeness (QED) is 0.292. The molecule has 0 aliphatic rings. The van der Waals surface area contributed by atoms with Crippen LogP contribution in [0, 0.1) is 5.41 Å². The molecule has 11 heteroatoms. The van der Waals surface area contributed by atoms with Gasteiger partial charge in [0.2, 0.25) is 11.0 Å². The van der Waals surface area contributed by atoms with Gasteiger partial charge in [-0.15, -0.1) is 0 Å². The molecule has 130 valence electrons. The van der Waals surface area contributed by atoms with Crippen LogP contribution in [0.4, 0.5) is 0 Å². The van der Waals surface area contributed by atoms with Crippen molar-refractivity contribution < 1.29 is 32.8 Å². The van der Waals surface area contributed by atoms with Gasteiger partial charge in [-0.05, 0) is 0 Å². The van der Waals surface area contributed by atoms with Gasteiger partial charge in [0, 0.05) is 24.3 Å². The maximum Gasteiger partial charge on any atom is 0.277 e. The molecule has 0 radical (unpaired) electrons. The molecule has 6 N–H and O–H groups in total. The molecular formula is C11H22N2O7S2. The molecule has 22 heavy (non-hydrogen) atoms. The maximum atomic E-state index is 11.7. The molecule has 1 amide bonds. The third-order valence-corrected chi connectivity index (χ3v) is 5.10. The van der Waals surface area contributed by atoms with E-state index >= 15 is 0 Å². The van der Waals surface area contributed by atoms with Crippen LogP contribution in [0.2, 0.25) is 0 Å². The molecule has 0 fully saturated rings. The monoisotopic (exact) mass is 358 g/mol. The van der Waals surface area contributed by atoms with E-state index in [1.165, 1.54) is 13.8 Å². The number of hydrogen-bond acceptors (Lipinski definition) is 8. The van der Waals surface area contributed by atoms with Crippen molar-refractivity contribution in [1.82, 2.24) is 5.32 Å². The molecule has 9 nitrogen and oxygen atoms in total. The number of amides is 1. The normalized spacial score (nSPS) is 15.2. The number of hydrogen-bond donors (Lipinski definition) is 5. The summed E-state index contributed by atoms with van der Waals surface area (Å²) >= 11 is 0.625. The molecule has 0 saturated heterocycles. The zero-order valence-corrected chi connectivity index (χ0v) is 14.0. The minimum Gasteiger partial charge on any atom is -0.396 e. The Bertz CT molecular complexity index is 493. The molecule has 0 aliphatic carbocycles. The van der Waals surface area contributed by atoms with E-state index in [0.29, 0.717) is 11.8 Å². The van der Waals surface area contributed by atoms with Crippen LogP contribution in [0.1, 0.15) is 13.8 Å². The van der Waals surface area contributed by atoms with E-state index in [1.54, 1.807) is 0 Å². The lowest BCUT2D eigenvalue weighted by Crippen LogP contribution is -2.49. The third-order valence-electron chi connectivity index (χ3n) is 2.84. The summed E-state index contributed by atoms with van der Waals surface area (Å²) in [6, 6.07) is 0. The predicted molar refractivity (Wildman–Crippen MR) is 81.7 cm³/mol.